The van der Waals surface area contributed by atoms with Crippen LogP contribution in [-0.4, -0.2) is 41.9 Å². The Morgan fingerprint density at radius 2 is 1.88 bits per heavy atom. The quantitative estimate of drug-likeness (QED) is 0.817. The van der Waals surface area contributed by atoms with Crippen LogP contribution in [0.4, 0.5) is 0 Å². The molecule has 1 N–H and O–H groups in total. The third kappa shape index (κ3) is 4.48. The summed E-state index contributed by atoms with van der Waals surface area (Å²) in [6.07, 6.45) is 2.83. The van der Waals surface area contributed by atoms with E-state index < -0.39 is 10.0 Å². The number of aryl methyl sites for hydroxylation is 1. The summed E-state index contributed by atoms with van der Waals surface area (Å²) < 4.78 is 28.2. The van der Waals surface area contributed by atoms with Gasteiger partial charge in [-0.15, -0.1) is 0 Å². The van der Waals surface area contributed by atoms with E-state index in [1.165, 1.54) is 11.1 Å². The molecule has 0 saturated carbocycles. The largest absolute Gasteiger partial charge is 0.291 e. The van der Waals surface area contributed by atoms with Gasteiger partial charge in [0.2, 0.25) is 10.0 Å². The van der Waals surface area contributed by atoms with Gasteiger partial charge < -0.3 is 0 Å². The maximum Gasteiger partial charge on any atom is 0.211 e. The number of nitrogens with one attached hydrogen (secondary N) is 1. The van der Waals surface area contributed by atoms with E-state index in [2.05, 4.69) is 45.9 Å². The van der Waals surface area contributed by atoms with E-state index in [9.17, 15) is 8.42 Å². The van der Waals surface area contributed by atoms with Crippen molar-refractivity contribution in [3.8, 4) is 0 Å². The Hall–Kier alpha value is -1.70. The lowest BCUT2D eigenvalue weighted by Crippen LogP contribution is -2.42. The summed E-state index contributed by atoms with van der Waals surface area (Å²) in [5.41, 5.74) is 3.74. The Morgan fingerprint density at radius 3 is 2.56 bits per heavy atom. The standard InChI is InChI=1S/C18H26N4O2S/c1-3-15-5-7-16(8-6-15)12-21-13-17-9-10-19-22(17)18(14-21)11-20-25(23,24)4-2/h5-10,18,20H,3-4,11-14H2,1-2H3/t18-/m0/s1. The van der Waals surface area contributed by atoms with E-state index in [0.29, 0.717) is 6.54 Å². The first-order valence-corrected chi connectivity index (χ1v) is 10.5. The maximum absolute atomic E-state index is 11.8. The van der Waals surface area contributed by atoms with Crippen LogP contribution in [-0.2, 0) is 29.5 Å². The lowest BCUT2D eigenvalue weighted by atomic mass is 10.1. The first-order valence-electron chi connectivity index (χ1n) is 8.80. The van der Waals surface area contributed by atoms with E-state index in [1.807, 2.05) is 10.7 Å². The van der Waals surface area contributed by atoms with Crippen molar-refractivity contribution in [1.82, 2.24) is 19.4 Å². The number of hydrogen-bond donors (Lipinski definition) is 1. The highest BCUT2D eigenvalue weighted by atomic mass is 32.2. The highest BCUT2D eigenvalue weighted by molar-refractivity contribution is 7.89. The van der Waals surface area contributed by atoms with Crippen LogP contribution in [0, 0.1) is 0 Å². The fraction of sp³-hybridized carbons (Fsp3) is 0.500. The molecule has 0 spiro atoms. The van der Waals surface area contributed by atoms with Crippen LogP contribution < -0.4 is 4.72 Å². The molecule has 2 heterocycles. The van der Waals surface area contributed by atoms with Gasteiger partial charge in [0, 0.05) is 32.4 Å². The van der Waals surface area contributed by atoms with Gasteiger partial charge in [0.1, 0.15) is 0 Å². The number of benzene rings is 1. The minimum absolute atomic E-state index is 0.00925. The van der Waals surface area contributed by atoms with Gasteiger partial charge in [-0.3, -0.25) is 9.58 Å². The summed E-state index contributed by atoms with van der Waals surface area (Å²) in [4.78, 5) is 2.35. The zero-order chi connectivity index (χ0) is 17.9. The van der Waals surface area contributed by atoms with Crippen molar-refractivity contribution in [2.75, 3.05) is 18.8 Å². The van der Waals surface area contributed by atoms with Gasteiger partial charge in [-0.1, -0.05) is 31.2 Å². The number of aromatic nitrogens is 2. The topological polar surface area (TPSA) is 67.2 Å². The molecule has 25 heavy (non-hydrogen) atoms. The summed E-state index contributed by atoms with van der Waals surface area (Å²) in [6.45, 7) is 6.63. The summed E-state index contributed by atoms with van der Waals surface area (Å²) in [7, 11) is -3.20. The molecule has 0 aliphatic carbocycles. The molecule has 7 heteroatoms. The molecule has 0 fully saturated rings. The lowest BCUT2D eigenvalue weighted by molar-refractivity contribution is 0.168. The molecule has 0 saturated heterocycles. The molecular formula is C18H26N4O2S. The zero-order valence-corrected chi connectivity index (χ0v) is 15.7. The molecule has 1 aromatic heterocycles. The van der Waals surface area contributed by atoms with E-state index in [0.717, 1.165) is 31.7 Å². The van der Waals surface area contributed by atoms with Crippen LogP contribution in [0.15, 0.2) is 36.5 Å². The van der Waals surface area contributed by atoms with Crippen molar-refractivity contribution in [2.24, 2.45) is 0 Å². The van der Waals surface area contributed by atoms with Crippen LogP contribution in [0.5, 0.6) is 0 Å². The summed E-state index contributed by atoms with van der Waals surface area (Å²) in [6, 6.07) is 10.7. The predicted molar refractivity (Wildman–Crippen MR) is 98.7 cm³/mol. The summed E-state index contributed by atoms with van der Waals surface area (Å²) >= 11 is 0. The monoisotopic (exact) mass is 362 g/mol. The van der Waals surface area contributed by atoms with Gasteiger partial charge in [-0.25, -0.2) is 13.1 Å². The number of sulfonamides is 1. The smallest absolute Gasteiger partial charge is 0.211 e. The Morgan fingerprint density at radius 1 is 1.16 bits per heavy atom. The second-order valence-electron chi connectivity index (χ2n) is 6.51. The van der Waals surface area contributed by atoms with Gasteiger partial charge in [0.25, 0.3) is 0 Å². The third-order valence-corrected chi connectivity index (χ3v) is 6.08. The van der Waals surface area contributed by atoms with Gasteiger partial charge in [-0.2, -0.15) is 5.10 Å². The molecular weight excluding hydrogens is 336 g/mol. The molecule has 2 aromatic rings. The second-order valence-corrected chi connectivity index (χ2v) is 8.61. The first-order chi connectivity index (χ1) is 12.0. The Balaban J connectivity index is 1.70. The maximum atomic E-state index is 11.8. The Kier molecular flexibility index (Phi) is 5.56. The SMILES string of the molecule is CCc1ccc(CN2Cc3ccnn3[C@@H](CNS(=O)(=O)CC)C2)cc1. The second kappa shape index (κ2) is 7.68. The molecule has 0 radical (unpaired) electrons. The fourth-order valence-electron chi connectivity index (χ4n) is 3.20. The van der Waals surface area contributed by atoms with Crippen molar-refractivity contribution in [2.45, 2.75) is 39.4 Å². The number of nitrogens with zero attached hydrogens (tertiary/aromatic N) is 3. The first kappa shape index (κ1) is 18.1. The highest BCUT2D eigenvalue weighted by Gasteiger charge is 2.26. The van der Waals surface area contributed by atoms with Crippen LogP contribution in [0.25, 0.3) is 0 Å². The zero-order valence-electron chi connectivity index (χ0n) is 14.9. The molecule has 0 unspecified atom stereocenters. The highest BCUT2D eigenvalue weighted by Crippen LogP contribution is 2.22. The average molecular weight is 362 g/mol. The fourth-order valence-corrected chi connectivity index (χ4v) is 3.85. The van der Waals surface area contributed by atoms with Crippen molar-refractivity contribution < 1.29 is 8.42 Å². The molecule has 1 atom stereocenters. The summed E-state index contributed by atoms with van der Waals surface area (Å²) in [5.74, 6) is 0.0964. The van der Waals surface area contributed by atoms with Crippen LogP contribution in [0.2, 0.25) is 0 Å². The van der Waals surface area contributed by atoms with Crippen molar-refractivity contribution in [3.05, 3.63) is 53.3 Å². The molecule has 0 bridgehead atoms. The van der Waals surface area contributed by atoms with Crippen molar-refractivity contribution in [1.29, 1.82) is 0 Å². The predicted octanol–water partition coefficient (Wildman–Crippen LogP) is 1.94. The minimum atomic E-state index is -3.20. The van der Waals surface area contributed by atoms with E-state index >= 15 is 0 Å². The number of hydrogen-bond acceptors (Lipinski definition) is 4. The molecule has 6 nitrogen and oxygen atoms in total. The van der Waals surface area contributed by atoms with Gasteiger partial charge >= 0.3 is 0 Å². The van der Waals surface area contributed by atoms with Gasteiger partial charge in [0.05, 0.1) is 17.5 Å². The molecule has 3 rings (SSSR count). The van der Waals surface area contributed by atoms with Crippen LogP contribution in [0.1, 0.15) is 36.7 Å². The van der Waals surface area contributed by atoms with Crippen LogP contribution >= 0.6 is 0 Å². The van der Waals surface area contributed by atoms with Crippen molar-refractivity contribution >= 4 is 10.0 Å². The molecule has 1 aliphatic rings. The Labute approximate surface area is 149 Å². The number of rotatable bonds is 7. The average Bonchev–Trinajstić information content (AvgIpc) is 3.09. The van der Waals surface area contributed by atoms with Crippen LogP contribution in [0.3, 0.4) is 0 Å². The molecule has 136 valence electrons. The van der Waals surface area contributed by atoms with E-state index in [4.69, 9.17) is 0 Å². The molecule has 1 aromatic carbocycles. The summed E-state index contributed by atoms with van der Waals surface area (Å²) in [5, 5.41) is 4.38. The van der Waals surface area contributed by atoms with Gasteiger partial charge in [-0.05, 0) is 30.5 Å². The van der Waals surface area contributed by atoms with Gasteiger partial charge in [0.15, 0.2) is 0 Å². The van der Waals surface area contributed by atoms with E-state index in [-0.39, 0.29) is 11.8 Å². The minimum Gasteiger partial charge on any atom is -0.291 e. The molecule has 0 amide bonds. The Bertz CT molecular complexity index is 799. The number of fused-ring (bicyclic) bond motifs is 1. The molecule has 1 aliphatic heterocycles. The third-order valence-electron chi connectivity index (χ3n) is 4.71. The van der Waals surface area contributed by atoms with Crippen molar-refractivity contribution in [3.63, 3.8) is 0 Å². The lowest BCUT2D eigenvalue weighted by Gasteiger charge is -2.34. The normalized spacial score (nSPS) is 18.2. The van der Waals surface area contributed by atoms with E-state index in [1.54, 1.807) is 13.1 Å².